The van der Waals surface area contributed by atoms with E-state index in [1.807, 2.05) is 45.0 Å². The van der Waals surface area contributed by atoms with Crippen LogP contribution >= 0.6 is 0 Å². The molecule has 0 heterocycles. The van der Waals surface area contributed by atoms with Crippen molar-refractivity contribution in [3.8, 4) is 17.2 Å². The molecule has 3 aromatic carbocycles. The third-order valence-electron chi connectivity index (χ3n) is 8.29. The summed E-state index contributed by atoms with van der Waals surface area (Å²) in [6.07, 6.45) is 4.24. The number of hydrogen-bond acceptors (Lipinski definition) is 7. The van der Waals surface area contributed by atoms with Crippen LogP contribution in [0.15, 0.2) is 65.6 Å². The zero-order valence-corrected chi connectivity index (χ0v) is 28.4. The zero-order chi connectivity index (χ0) is 33.4. The Labute approximate surface area is 272 Å². The average Bonchev–Trinajstić information content (AvgIpc) is 3.55. The van der Waals surface area contributed by atoms with Gasteiger partial charge in [0.1, 0.15) is 18.3 Å². The molecule has 1 aliphatic carbocycles. The van der Waals surface area contributed by atoms with E-state index in [0.717, 1.165) is 46.7 Å². The number of amides is 2. The number of sulfonamides is 1. The minimum absolute atomic E-state index is 0.0625. The first-order valence-corrected chi connectivity index (χ1v) is 17.0. The topological polar surface area (TPSA) is 114 Å². The van der Waals surface area contributed by atoms with Gasteiger partial charge < -0.3 is 24.4 Å². The fraction of sp³-hybridized carbons (Fsp3) is 0.429. The number of carbonyl (C=O) groups excluding carboxylic acids is 2. The van der Waals surface area contributed by atoms with Gasteiger partial charge in [0, 0.05) is 18.7 Å². The number of ether oxygens (including phenoxy) is 3. The van der Waals surface area contributed by atoms with Gasteiger partial charge in [0.15, 0.2) is 11.5 Å². The van der Waals surface area contributed by atoms with Gasteiger partial charge in [-0.15, -0.1) is 0 Å². The Bertz CT molecular complexity index is 1620. The van der Waals surface area contributed by atoms with E-state index >= 15 is 0 Å². The van der Waals surface area contributed by atoms with E-state index in [-0.39, 0.29) is 29.1 Å². The van der Waals surface area contributed by atoms with Crippen molar-refractivity contribution >= 4 is 27.5 Å². The van der Waals surface area contributed by atoms with Gasteiger partial charge in [0.2, 0.25) is 11.8 Å². The lowest BCUT2D eigenvalue weighted by atomic mass is 10.1. The van der Waals surface area contributed by atoms with E-state index in [1.54, 1.807) is 25.3 Å². The third kappa shape index (κ3) is 8.12. The second-order valence-electron chi connectivity index (χ2n) is 11.7. The summed E-state index contributed by atoms with van der Waals surface area (Å²) in [5, 5.41) is 3.14. The number of rotatable bonds is 14. The first-order chi connectivity index (χ1) is 22.0. The number of nitrogens with one attached hydrogen (secondary N) is 1. The molecule has 1 atom stereocenters. The highest BCUT2D eigenvalue weighted by atomic mass is 32.2. The summed E-state index contributed by atoms with van der Waals surface area (Å²) in [7, 11) is 0.160. The average molecular weight is 652 g/mol. The van der Waals surface area contributed by atoms with Crippen molar-refractivity contribution < 1.29 is 32.2 Å². The minimum atomic E-state index is -4.30. The Hall–Kier alpha value is -4.25. The molecule has 1 fully saturated rings. The van der Waals surface area contributed by atoms with Crippen molar-refractivity contribution in [2.75, 3.05) is 32.2 Å². The normalized spacial score (nSPS) is 14.0. The number of benzene rings is 3. The second kappa shape index (κ2) is 15.4. The van der Waals surface area contributed by atoms with Gasteiger partial charge in [-0.3, -0.25) is 13.9 Å². The number of hydrogen-bond donors (Lipinski definition) is 1. The predicted molar refractivity (Wildman–Crippen MR) is 178 cm³/mol. The van der Waals surface area contributed by atoms with Crippen LogP contribution in [-0.2, 0) is 26.2 Å². The van der Waals surface area contributed by atoms with Crippen molar-refractivity contribution in [2.45, 2.75) is 76.4 Å². The van der Waals surface area contributed by atoms with E-state index in [2.05, 4.69) is 5.32 Å². The molecule has 0 saturated heterocycles. The van der Waals surface area contributed by atoms with Crippen molar-refractivity contribution in [1.29, 1.82) is 0 Å². The molecule has 46 heavy (non-hydrogen) atoms. The molecule has 1 aliphatic rings. The second-order valence-corrected chi connectivity index (χ2v) is 13.5. The Morgan fingerprint density at radius 1 is 0.891 bits per heavy atom. The molecule has 1 saturated carbocycles. The molecule has 0 bridgehead atoms. The van der Waals surface area contributed by atoms with Gasteiger partial charge in [-0.1, -0.05) is 38.0 Å². The molecule has 1 N–H and O–H groups in total. The highest BCUT2D eigenvalue weighted by molar-refractivity contribution is 7.92. The van der Waals surface area contributed by atoms with Crippen LogP contribution in [0.1, 0.15) is 55.7 Å². The fourth-order valence-electron chi connectivity index (χ4n) is 5.98. The number of carbonyl (C=O) groups is 2. The molecular formula is C35H45N3O7S. The molecule has 11 heteroatoms. The van der Waals surface area contributed by atoms with Gasteiger partial charge in [0.05, 0.1) is 31.9 Å². The summed E-state index contributed by atoms with van der Waals surface area (Å²) in [5.41, 5.74) is 2.77. The molecule has 4 rings (SSSR count). The van der Waals surface area contributed by atoms with Crippen LogP contribution in [0, 0.1) is 13.8 Å². The summed E-state index contributed by atoms with van der Waals surface area (Å²) in [6.45, 7) is 5.15. The lowest BCUT2D eigenvalue weighted by molar-refractivity contribution is -0.140. The molecule has 0 aromatic heterocycles. The molecule has 3 aromatic rings. The van der Waals surface area contributed by atoms with Crippen molar-refractivity contribution in [3.63, 3.8) is 0 Å². The maximum atomic E-state index is 14.5. The SMILES string of the molecule is CC[C@H](C(=O)NC1CCCC1)N(Cc1cccc(OC)c1)C(=O)CN(c1cc(C)cc(C)c1)S(=O)(=O)c1ccc(OC)c(OC)c1. The molecule has 0 aliphatic heterocycles. The number of nitrogens with zero attached hydrogens (tertiary/aromatic N) is 2. The van der Waals surface area contributed by atoms with Crippen molar-refractivity contribution in [3.05, 3.63) is 77.4 Å². The molecule has 0 radical (unpaired) electrons. The number of aryl methyl sites for hydroxylation is 2. The Morgan fingerprint density at radius 2 is 1.57 bits per heavy atom. The summed E-state index contributed by atoms with van der Waals surface area (Å²) in [6, 6.07) is 16.3. The van der Waals surface area contributed by atoms with Gasteiger partial charge >= 0.3 is 0 Å². The first-order valence-electron chi connectivity index (χ1n) is 15.6. The highest BCUT2D eigenvalue weighted by Gasteiger charge is 2.35. The van der Waals surface area contributed by atoms with Crippen LogP contribution in [-0.4, -0.2) is 65.1 Å². The predicted octanol–water partition coefficient (Wildman–Crippen LogP) is 5.39. The van der Waals surface area contributed by atoms with Crippen LogP contribution < -0.4 is 23.8 Å². The molecule has 248 valence electrons. The van der Waals surface area contributed by atoms with Crippen LogP contribution in [0.4, 0.5) is 5.69 Å². The maximum absolute atomic E-state index is 14.5. The highest BCUT2D eigenvalue weighted by Crippen LogP contribution is 2.33. The minimum Gasteiger partial charge on any atom is -0.497 e. The Morgan fingerprint density at radius 3 is 2.17 bits per heavy atom. The Kier molecular flexibility index (Phi) is 11.6. The lowest BCUT2D eigenvalue weighted by Gasteiger charge is -2.34. The van der Waals surface area contributed by atoms with Crippen molar-refractivity contribution in [2.24, 2.45) is 0 Å². The number of anilines is 1. The monoisotopic (exact) mass is 651 g/mol. The molecular weight excluding hydrogens is 606 g/mol. The van der Waals surface area contributed by atoms with Gasteiger partial charge in [-0.2, -0.15) is 0 Å². The summed E-state index contributed by atoms with van der Waals surface area (Å²) >= 11 is 0. The van der Waals surface area contributed by atoms with E-state index in [4.69, 9.17) is 14.2 Å². The van der Waals surface area contributed by atoms with Gasteiger partial charge in [-0.25, -0.2) is 8.42 Å². The van der Waals surface area contributed by atoms with E-state index in [0.29, 0.717) is 23.6 Å². The molecule has 2 amide bonds. The van der Waals surface area contributed by atoms with E-state index < -0.39 is 28.5 Å². The zero-order valence-electron chi connectivity index (χ0n) is 27.5. The molecule has 10 nitrogen and oxygen atoms in total. The van der Waals surface area contributed by atoms with Gasteiger partial charge in [-0.05, 0) is 86.2 Å². The number of methoxy groups -OCH3 is 3. The fourth-order valence-corrected chi connectivity index (χ4v) is 7.40. The summed E-state index contributed by atoms with van der Waals surface area (Å²) in [5.74, 6) is 0.468. The Balaban J connectivity index is 1.78. The summed E-state index contributed by atoms with van der Waals surface area (Å²) < 4.78 is 46.0. The van der Waals surface area contributed by atoms with Gasteiger partial charge in [0.25, 0.3) is 10.0 Å². The molecule has 0 spiro atoms. The maximum Gasteiger partial charge on any atom is 0.264 e. The standard InChI is InChI=1S/C35H45N3O7S/c1-7-31(35(40)36-27-12-8-9-13-27)37(22-26-11-10-14-29(20-26)43-4)34(39)23-38(28-18-24(2)17-25(3)19-28)46(41,42)30-15-16-32(44-5)33(21-30)45-6/h10-11,14-21,27,31H,7-9,12-13,22-23H2,1-6H3,(H,36,40)/t31-/m1/s1. The van der Waals surface area contributed by atoms with E-state index in [9.17, 15) is 18.0 Å². The lowest BCUT2D eigenvalue weighted by Crippen LogP contribution is -2.53. The largest absolute Gasteiger partial charge is 0.497 e. The van der Waals surface area contributed by atoms with Crippen LogP contribution in [0.3, 0.4) is 0 Å². The van der Waals surface area contributed by atoms with E-state index in [1.165, 1.54) is 37.3 Å². The van der Waals surface area contributed by atoms with Crippen LogP contribution in [0.25, 0.3) is 0 Å². The smallest absolute Gasteiger partial charge is 0.264 e. The quantitative estimate of drug-likeness (QED) is 0.249. The summed E-state index contributed by atoms with van der Waals surface area (Å²) in [4.78, 5) is 29.6. The van der Waals surface area contributed by atoms with Crippen LogP contribution in [0.5, 0.6) is 17.2 Å². The molecule has 0 unspecified atom stereocenters. The third-order valence-corrected chi connectivity index (χ3v) is 10.1. The first kappa shape index (κ1) is 34.6. The van der Waals surface area contributed by atoms with Crippen LogP contribution in [0.2, 0.25) is 0 Å². The van der Waals surface area contributed by atoms with Crippen molar-refractivity contribution in [1.82, 2.24) is 10.2 Å².